The normalized spacial score (nSPS) is 19.0. The minimum atomic E-state index is -0.216. The molecule has 0 amide bonds. The quantitative estimate of drug-likeness (QED) is 0.865. The topological polar surface area (TPSA) is 73.4 Å². The highest BCUT2D eigenvalue weighted by Crippen LogP contribution is 2.34. The summed E-state index contributed by atoms with van der Waals surface area (Å²) in [5.74, 6) is -0.0371. The van der Waals surface area contributed by atoms with Crippen molar-refractivity contribution in [1.82, 2.24) is 9.97 Å². The Morgan fingerprint density at radius 3 is 2.77 bits per heavy atom. The third-order valence-corrected chi connectivity index (χ3v) is 3.90. The molecule has 1 aromatic heterocycles. The molecule has 0 saturated heterocycles. The van der Waals surface area contributed by atoms with Crippen LogP contribution in [0.25, 0.3) is 0 Å². The van der Waals surface area contributed by atoms with Gasteiger partial charge in [-0.2, -0.15) is 0 Å². The monoisotopic (exact) mass is 300 g/mol. The van der Waals surface area contributed by atoms with Crippen molar-refractivity contribution in [3.8, 4) is 0 Å². The SMILES string of the molecule is CO/N=C1\CC(c2ccccc2F)Cc2nc(N)nc(C)c21. The van der Waals surface area contributed by atoms with Gasteiger partial charge in [-0.3, -0.25) is 0 Å². The van der Waals surface area contributed by atoms with Crippen LogP contribution < -0.4 is 5.73 Å². The minimum absolute atomic E-state index is 0.0451. The number of hydrogen-bond donors (Lipinski definition) is 1. The van der Waals surface area contributed by atoms with Crippen LogP contribution in [-0.4, -0.2) is 22.8 Å². The Kier molecular flexibility index (Phi) is 3.75. The van der Waals surface area contributed by atoms with Crippen LogP contribution in [0.1, 0.15) is 34.9 Å². The lowest BCUT2D eigenvalue weighted by molar-refractivity contribution is 0.212. The van der Waals surface area contributed by atoms with Crippen molar-refractivity contribution in [2.24, 2.45) is 5.16 Å². The van der Waals surface area contributed by atoms with Crippen LogP contribution in [-0.2, 0) is 11.3 Å². The predicted molar refractivity (Wildman–Crippen MR) is 82.2 cm³/mol. The number of nitrogen functional groups attached to an aromatic ring is 1. The molecule has 2 N–H and O–H groups in total. The Morgan fingerprint density at radius 1 is 1.27 bits per heavy atom. The number of benzene rings is 1. The van der Waals surface area contributed by atoms with Crippen LogP contribution in [0.5, 0.6) is 0 Å². The molecule has 2 aromatic rings. The first-order valence-electron chi connectivity index (χ1n) is 7.08. The average molecular weight is 300 g/mol. The number of fused-ring (bicyclic) bond motifs is 1. The molecule has 1 aliphatic carbocycles. The largest absolute Gasteiger partial charge is 0.399 e. The van der Waals surface area contributed by atoms with Crippen molar-refractivity contribution in [1.29, 1.82) is 0 Å². The first-order valence-corrected chi connectivity index (χ1v) is 7.08. The molecule has 3 rings (SSSR count). The van der Waals surface area contributed by atoms with Gasteiger partial charge < -0.3 is 10.6 Å². The Morgan fingerprint density at radius 2 is 2.05 bits per heavy atom. The smallest absolute Gasteiger partial charge is 0.220 e. The van der Waals surface area contributed by atoms with Gasteiger partial charge in [0.15, 0.2) is 0 Å². The molecule has 22 heavy (non-hydrogen) atoms. The molecule has 0 bridgehead atoms. The summed E-state index contributed by atoms with van der Waals surface area (Å²) in [5, 5.41) is 4.09. The molecule has 1 aliphatic rings. The van der Waals surface area contributed by atoms with Gasteiger partial charge in [0.1, 0.15) is 12.9 Å². The van der Waals surface area contributed by atoms with Crippen LogP contribution >= 0.6 is 0 Å². The summed E-state index contributed by atoms with van der Waals surface area (Å²) in [5.41, 5.74) is 9.56. The van der Waals surface area contributed by atoms with Crippen molar-refractivity contribution < 1.29 is 9.23 Å². The molecular weight excluding hydrogens is 283 g/mol. The zero-order valence-electron chi connectivity index (χ0n) is 12.5. The number of aryl methyl sites for hydroxylation is 1. The summed E-state index contributed by atoms with van der Waals surface area (Å²) in [6, 6.07) is 6.79. The van der Waals surface area contributed by atoms with Gasteiger partial charge in [-0.05, 0) is 30.9 Å². The number of rotatable bonds is 2. The van der Waals surface area contributed by atoms with E-state index < -0.39 is 0 Å². The van der Waals surface area contributed by atoms with Gasteiger partial charge in [-0.1, -0.05) is 23.4 Å². The summed E-state index contributed by atoms with van der Waals surface area (Å²) >= 11 is 0. The van der Waals surface area contributed by atoms with Gasteiger partial charge in [0, 0.05) is 12.0 Å². The number of nitrogens with two attached hydrogens (primary N) is 1. The molecule has 1 unspecified atom stereocenters. The van der Waals surface area contributed by atoms with Crippen molar-refractivity contribution in [2.75, 3.05) is 12.8 Å². The van der Waals surface area contributed by atoms with E-state index in [-0.39, 0.29) is 17.7 Å². The number of anilines is 1. The molecule has 1 heterocycles. The average Bonchev–Trinajstić information content (AvgIpc) is 2.47. The molecule has 0 aliphatic heterocycles. The Bertz CT molecular complexity index is 745. The number of aromatic nitrogens is 2. The number of nitrogens with zero attached hydrogens (tertiary/aromatic N) is 3. The predicted octanol–water partition coefficient (Wildman–Crippen LogP) is 2.59. The molecule has 6 heteroatoms. The van der Waals surface area contributed by atoms with E-state index in [1.165, 1.54) is 13.2 Å². The summed E-state index contributed by atoms with van der Waals surface area (Å²) in [6.07, 6.45) is 1.18. The second-order valence-electron chi connectivity index (χ2n) is 5.34. The first kappa shape index (κ1) is 14.4. The fourth-order valence-corrected chi connectivity index (χ4v) is 3.04. The zero-order chi connectivity index (χ0) is 15.7. The maximum Gasteiger partial charge on any atom is 0.220 e. The van der Waals surface area contributed by atoms with Crippen molar-refractivity contribution in [3.63, 3.8) is 0 Å². The highest BCUT2D eigenvalue weighted by atomic mass is 19.1. The van der Waals surface area contributed by atoms with Crippen molar-refractivity contribution >= 4 is 11.7 Å². The number of halogens is 1. The highest BCUT2D eigenvalue weighted by molar-refractivity contribution is 6.03. The molecule has 0 spiro atoms. The van der Waals surface area contributed by atoms with E-state index in [1.54, 1.807) is 12.1 Å². The van der Waals surface area contributed by atoms with E-state index >= 15 is 0 Å². The van der Waals surface area contributed by atoms with Crippen LogP contribution in [0.15, 0.2) is 29.4 Å². The van der Waals surface area contributed by atoms with E-state index in [4.69, 9.17) is 10.6 Å². The van der Waals surface area contributed by atoms with Crippen LogP contribution in [0.2, 0.25) is 0 Å². The first-order chi connectivity index (χ1) is 10.6. The Hall–Kier alpha value is -2.50. The van der Waals surface area contributed by atoms with Gasteiger partial charge in [-0.15, -0.1) is 0 Å². The van der Waals surface area contributed by atoms with Crippen molar-refractivity contribution in [2.45, 2.75) is 25.7 Å². The summed E-state index contributed by atoms with van der Waals surface area (Å²) in [6.45, 7) is 1.87. The zero-order valence-corrected chi connectivity index (χ0v) is 12.5. The van der Waals surface area contributed by atoms with Gasteiger partial charge in [0.05, 0.1) is 17.1 Å². The summed E-state index contributed by atoms with van der Waals surface area (Å²) < 4.78 is 14.1. The van der Waals surface area contributed by atoms with Crippen LogP contribution in [0, 0.1) is 12.7 Å². The van der Waals surface area contributed by atoms with E-state index in [2.05, 4.69) is 15.1 Å². The molecule has 1 atom stereocenters. The third-order valence-electron chi connectivity index (χ3n) is 3.90. The van der Waals surface area contributed by atoms with E-state index in [0.717, 1.165) is 22.7 Å². The van der Waals surface area contributed by atoms with E-state index in [9.17, 15) is 4.39 Å². The van der Waals surface area contributed by atoms with Crippen molar-refractivity contribution in [3.05, 3.63) is 52.6 Å². The Labute approximate surface area is 128 Å². The Balaban J connectivity index is 2.10. The summed E-state index contributed by atoms with van der Waals surface area (Å²) in [4.78, 5) is 13.5. The second kappa shape index (κ2) is 5.71. The minimum Gasteiger partial charge on any atom is -0.399 e. The maximum atomic E-state index is 14.1. The molecule has 0 saturated carbocycles. The molecular formula is C16H17FN4O. The van der Waals surface area contributed by atoms with E-state index in [1.807, 2.05) is 13.0 Å². The standard InChI is InChI=1S/C16H17FN4O/c1-9-15-13(20-16(18)19-9)7-10(8-14(15)21-22-2)11-5-3-4-6-12(11)17/h3-6,10H,7-8H2,1-2H3,(H2,18,19,20)/b21-14+. The number of hydrogen-bond acceptors (Lipinski definition) is 5. The maximum absolute atomic E-state index is 14.1. The second-order valence-corrected chi connectivity index (χ2v) is 5.34. The lowest BCUT2D eigenvalue weighted by Gasteiger charge is -2.26. The highest BCUT2D eigenvalue weighted by Gasteiger charge is 2.30. The fourth-order valence-electron chi connectivity index (χ4n) is 3.04. The molecule has 0 fully saturated rings. The molecule has 0 radical (unpaired) electrons. The lowest BCUT2D eigenvalue weighted by Crippen LogP contribution is -2.24. The molecule has 114 valence electrons. The fraction of sp³-hybridized carbons (Fsp3) is 0.312. The molecule has 1 aromatic carbocycles. The van der Waals surface area contributed by atoms with Gasteiger partial charge in [0.2, 0.25) is 5.95 Å². The van der Waals surface area contributed by atoms with Gasteiger partial charge in [-0.25, -0.2) is 14.4 Å². The van der Waals surface area contributed by atoms with Crippen LogP contribution in [0.4, 0.5) is 10.3 Å². The third kappa shape index (κ3) is 2.52. The molecule has 5 nitrogen and oxygen atoms in total. The van der Waals surface area contributed by atoms with Gasteiger partial charge in [0.25, 0.3) is 0 Å². The van der Waals surface area contributed by atoms with E-state index in [0.29, 0.717) is 18.4 Å². The van der Waals surface area contributed by atoms with Gasteiger partial charge >= 0.3 is 0 Å². The lowest BCUT2D eigenvalue weighted by atomic mass is 9.80. The number of oxime groups is 1. The summed E-state index contributed by atoms with van der Waals surface area (Å²) in [7, 11) is 1.49. The van der Waals surface area contributed by atoms with Crippen LogP contribution in [0.3, 0.4) is 0 Å².